The number of alkyl halides is 9. The van der Waals surface area contributed by atoms with Crippen molar-refractivity contribution >= 4 is 5.91 Å². The standard InChI is InChI=1S/C29H32F9N3O3/c1-43-18-25-17-40(10-11-44-25)7-6-39-8-9-41(24(16-39)12-19-2-4-21(5-3-19)27(30,31)32)26(42)20-13-22(28(33,34)35)15-23(14-20)29(36,37)38/h2-5,13-15,24-25H,6-12,16-18H2,1H3/t24-,25+/m1/s1. The van der Waals surface area contributed by atoms with Crippen LogP contribution in [0.4, 0.5) is 39.5 Å². The van der Waals surface area contributed by atoms with Crippen LogP contribution in [0, 0.1) is 0 Å². The lowest BCUT2D eigenvalue weighted by atomic mass is 9.98. The van der Waals surface area contributed by atoms with Crippen molar-refractivity contribution in [3.63, 3.8) is 0 Å². The van der Waals surface area contributed by atoms with Crippen LogP contribution in [-0.2, 0) is 34.4 Å². The fourth-order valence-electron chi connectivity index (χ4n) is 5.46. The third kappa shape index (κ3) is 8.86. The molecule has 0 N–H and O–H groups in total. The average molecular weight is 642 g/mol. The zero-order valence-electron chi connectivity index (χ0n) is 23.7. The second-order valence-electron chi connectivity index (χ2n) is 10.9. The molecule has 15 heteroatoms. The molecule has 2 aromatic rings. The van der Waals surface area contributed by atoms with Gasteiger partial charge >= 0.3 is 18.5 Å². The summed E-state index contributed by atoms with van der Waals surface area (Å²) in [6.07, 6.45) is -14.9. The first-order valence-corrected chi connectivity index (χ1v) is 13.9. The normalized spacial score (nSPS) is 21.1. The maximum atomic E-state index is 13.5. The predicted molar refractivity (Wildman–Crippen MR) is 141 cm³/mol. The number of hydrogen-bond donors (Lipinski definition) is 0. The van der Waals surface area contributed by atoms with E-state index in [4.69, 9.17) is 9.47 Å². The van der Waals surface area contributed by atoms with Gasteiger partial charge in [0, 0.05) is 64.5 Å². The molecule has 2 aliphatic rings. The van der Waals surface area contributed by atoms with Crippen LogP contribution >= 0.6 is 0 Å². The van der Waals surface area contributed by atoms with Crippen LogP contribution in [0.2, 0.25) is 0 Å². The lowest BCUT2D eigenvalue weighted by Gasteiger charge is -2.43. The molecule has 2 saturated heterocycles. The van der Waals surface area contributed by atoms with Gasteiger partial charge in [-0.05, 0) is 42.3 Å². The van der Waals surface area contributed by atoms with Crippen molar-refractivity contribution in [1.82, 2.24) is 14.7 Å². The highest BCUT2D eigenvalue weighted by atomic mass is 19.4. The number of halogens is 9. The number of benzene rings is 2. The van der Waals surface area contributed by atoms with Crippen molar-refractivity contribution in [2.24, 2.45) is 0 Å². The van der Waals surface area contributed by atoms with E-state index in [0.29, 0.717) is 63.6 Å². The number of rotatable bonds is 8. The fourth-order valence-corrected chi connectivity index (χ4v) is 5.46. The number of ether oxygens (including phenoxy) is 2. The van der Waals surface area contributed by atoms with E-state index < -0.39 is 52.7 Å². The van der Waals surface area contributed by atoms with Gasteiger partial charge in [0.1, 0.15) is 0 Å². The number of carbonyl (C=O) groups is 1. The number of methoxy groups -OCH3 is 1. The van der Waals surface area contributed by atoms with Crippen molar-refractivity contribution in [2.45, 2.75) is 37.1 Å². The van der Waals surface area contributed by atoms with Crippen molar-refractivity contribution in [3.05, 3.63) is 70.3 Å². The van der Waals surface area contributed by atoms with Gasteiger partial charge < -0.3 is 14.4 Å². The van der Waals surface area contributed by atoms with Gasteiger partial charge in [0.2, 0.25) is 0 Å². The quantitative estimate of drug-likeness (QED) is 0.359. The zero-order chi connectivity index (χ0) is 32.3. The Bertz CT molecular complexity index is 1230. The third-order valence-corrected chi connectivity index (χ3v) is 7.72. The minimum atomic E-state index is -5.13. The van der Waals surface area contributed by atoms with Crippen LogP contribution in [-0.4, -0.2) is 98.9 Å². The van der Waals surface area contributed by atoms with E-state index in [1.54, 1.807) is 7.11 Å². The molecule has 2 aromatic carbocycles. The molecule has 0 aliphatic carbocycles. The molecule has 0 unspecified atom stereocenters. The van der Waals surface area contributed by atoms with Crippen LogP contribution in [0.3, 0.4) is 0 Å². The average Bonchev–Trinajstić information content (AvgIpc) is 2.95. The number of amides is 1. The maximum Gasteiger partial charge on any atom is 0.416 e. The lowest BCUT2D eigenvalue weighted by Crippen LogP contribution is -2.57. The summed E-state index contributed by atoms with van der Waals surface area (Å²) in [5.41, 5.74) is -4.43. The van der Waals surface area contributed by atoms with Crippen molar-refractivity contribution < 1.29 is 53.8 Å². The van der Waals surface area contributed by atoms with Crippen LogP contribution in [0.1, 0.15) is 32.6 Å². The number of nitrogens with zero attached hydrogens (tertiary/aromatic N) is 3. The summed E-state index contributed by atoms with van der Waals surface area (Å²) in [7, 11) is 1.57. The summed E-state index contributed by atoms with van der Waals surface area (Å²) in [4.78, 5) is 19.0. The predicted octanol–water partition coefficient (Wildman–Crippen LogP) is 5.46. The van der Waals surface area contributed by atoms with Crippen molar-refractivity contribution in [3.8, 4) is 0 Å². The zero-order valence-corrected chi connectivity index (χ0v) is 23.7. The Morgan fingerprint density at radius 3 is 1.91 bits per heavy atom. The Balaban J connectivity index is 1.56. The molecule has 2 heterocycles. The largest absolute Gasteiger partial charge is 0.416 e. The molecule has 4 rings (SSSR count). The maximum absolute atomic E-state index is 13.5. The van der Waals surface area contributed by atoms with Gasteiger partial charge in [0.05, 0.1) is 36.0 Å². The van der Waals surface area contributed by atoms with Crippen molar-refractivity contribution in [2.75, 3.05) is 66.1 Å². The number of carbonyl (C=O) groups excluding carboxylic acids is 1. The molecule has 0 saturated carbocycles. The Morgan fingerprint density at radius 1 is 0.795 bits per heavy atom. The number of morpholine rings is 1. The van der Waals surface area contributed by atoms with Gasteiger partial charge in [-0.2, -0.15) is 39.5 Å². The fraction of sp³-hybridized carbons (Fsp3) is 0.552. The Morgan fingerprint density at radius 2 is 1.36 bits per heavy atom. The molecule has 2 aliphatic heterocycles. The Labute approximate surface area is 248 Å². The van der Waals surface area contributed by atoms with Crippen LogP contribution in [0.25, 0.3) is 0 Å². The minimum absolute atomic E-state index is 0.00284. The molecule has 44 heavy (non-hydrogen) atoms. The van der Waals surface area contributed by atoms with E-state index in [0.717, 1.165) is 12.1 Å². The lowest BCUT2D eigenvalue weighted by molar-refractivity contribution is -0.143. The summed E-state index contributed by atoms with van der Waals surface area (Å²) in [5.74, 6) is -1.02. The van der Waals surface area contributed by atoms with Crippen LogP contribution in [0.15, 0.2) is 42.5 Å². The van der Waals surface area contributed by atoms with E-state index in [1.807, 2.05) is 4.90 Å². The van der Waals surface area contributed by atoms with Gasteiger partial charge in [-0.15, -0.1) is 0 Å². The van der Waals surface area contributed by atoms with Crippen molar-refractivity contribution in [1.29, 1.82) is 0 Å². The molecule has 6 nitrogen and oxygen atoms in total. The first kappa shape index (κ1) is 34.0. The third-order valence-electron chi connectivity index (χ3n) is 7.72. The molecule has 2 fully saturated rings. The monoisotopic (exact) mass is 641 g/mol. The molecule has 0 aromatic heterocycles. The molecule has 0 spiro atoms. The molecular weight excluding hydrogens is 609 g/mol. The summed E-state index contributed by atoms with van der Waals surface area (Å²) in [6.45, 7) is 3.96. The minimum Gasteiger partial charge on any atom is -0.382 e. The summed E-state index contributed by atoms with van der Waals surface area (Å²) in [6, 6.07) is 4.29. The summed E-state index contributed by atoms with van der Waals surface area (Å²) >= 11 is 0. The summed E-state index contributed by atoms with van der Waals surface area (Å²) < 4.78 is 131. The Kier molecular flexibility index (Phi) is 10.5. The SMILES string of the molecule is COC[C@@H]1CN(CCN2CCN(C(=O)c3cc(C(F)(F)F)cc(C(F)(F)F)c3)[C@H](Cc3ccc(C(F)(F)F)cc3)C2)CCO1. The molecular formula is C29H32F9N3O3. The highest BCUT2D eigenvalue weighted by Gasteiger charge is 2.39. The second-order valence-corrected chi connectivity index (χ2v) is 10.9. The van der Waals surface area contributed by atoms with E-state index in [-0.39, 0.29) is 31.7 Å². The highest BCUT2D eigenvalue weighted by Crippen LogP contribution is 2.37. The molecule has 1 amide bonds. The van der Waals surface area contributed by atoms with Gasteiger partial charge in [0.15, 0.2) is 0 Å². The van der Waals surface area contributed by atoms with E-state index in [1.165, 1.54) is 17.0 Å². The van der Waals surface area contributed by atoms with E-state index in [9.17, 15) is 44.3 Å². The van der Waals surface area contributed by atoms with E-state index >= 15 is 0 Å². The highest BCUT2D eigenvalue weighted by molar-refractivity contribution is 5.95. The summed E-state index contributed by atoms with van der Waals surface area (Å²) in [5, 5.41) is 0. The number of piperazine rings is 1. The Hall–Kier alpha value is -2.88. The van der Waals surface area contributed by atoms with Gasteiger partial charge in [0.25, 0.3) is 5.91 Å². The molecule has 2 atom stereocenters. The van der Waals surface area contributed by atoms with E-state index in [2.05, 4.69) is 4.90 Å². The first-order chi connectivity index (χ1) is 20.5. The first-order valence-electron chi connectivity index (χ1n) is 13.9. The molecule has 0 bridgehead atoms. The smallest absolute Gasteiger partial charge is 0.382 e. The van der Waals surface area contributed by atoms with Gasteiger partial charge in [-0.1, -0.05) is 12.1 Å². The van der Waals surface area contributed by atoms with Crippen LogP contribution in [0.5, 0.6) is 0 Å². The van der Waals surface area contributed by atoms with Crippen LogP contribution < -0.4 is 0 Å². The topological polar surface area (TPSA) is 45.2 Å². The molecule has 0 radical (unpaired) electrons. The molecule has 244 valence electrons. The van der Waals surface area contributed by atoms with Gasteiger partial charge in [-0.25, -0.2) is 0 Å². The second kappa shape index (κ2) is 13.6. The van der Waals surface area contributed by atoms with Gasteiger partial charge in [-0.3, -0.25) is 14.6 Å². The number of hydrogen-bond acceptors (Lipinski definition) is 5.